The van der Waals surface area contributed by atoms with Gasteiger partial charge in [0.15, 0.2) is 16.6 Å². The molecule has 184 valence electrons. The Hall–Kier alpha value is -2.62. The van der Waals surface area contributed by atoms with E-state index in [1.165, 1.54) is 4.88 Å². The van der Waals surface area contributed by atoms with E-state index < -0.39 is 0 Å². The Morgan fingerprint density at radius 2 is 1.85 bits per heavy atom. The summed E-state index contributed by atoms with van der Waals surface area (Å²) >= 11 is 7.43. The number of aromatic amines is 1. The van der Waals surface area contributed by atoms with Gasteiger partial charge < -0.3 is 29.6 Å². The van der Waals surface area contributed by atoms with Crippen LogP contribution in [0.2, 0.25) is 0 Å². The van der Waals surface area contributed by atoms with Crippen LogP contribution >= 0.6 is 23.6 Å². The summed E-state index contributed by atoms with van der Waals surface area (Å²) in [5.41, 5.74) is 1.21. The predicted octanol–water partition coefficient (Wildman–Crippen LogP) is 4.22. The van der Waals surface area contributed by atoms with Gasteiger partial charge in [-0.3, -0.25) is 4.79 Å². The summed E-state index contributed by atoms with van der Waals surface area (Å²) in [4.78, 5) is 21.5. The number of nitrogens with zero attached hydrogens (tertiary/aromatic N) is 2. The first kappa shape index (κ1) is 26.0. The van der Waals surface area contributed by atoms with Gasteiger partial charge in [-0.05, 0) is 61.9 Å². The van der Waals surface area contributed by atoms with Crippen LogP contribution in [0.5, 0.6) is 11.5 Å². The van der Waals surface area contributed by atoms with Gasteiger partial charge in [0.05, 0.1) is 32.8 Å². The molecule has 2 heterocycles. The molecule has 0 bridgehead atoms. The van der Waals surface area contributed by atoms with Gasteiger partial charge in [0.25, 0.3) is 5.56 Å². The Bertz CT molecular complexity index is 1130. The lowest BCUT2D eigenvalue weighted by Gasteiger charge is -2.26. The van der Waals surface area contributed by atoms with Crippen LogP contribution < -0.4 is 20.3 Å². The van der Waals surface area contributed by atoms with Crippen molar-refractivity contribution in [3.63, 3.8) is 0 Å². The van der Waals surface area contributed by atoms with Gasteiger partial charge in [0, 0.05) is 28.4 Å². The molecule has 0 fully saturated rings. The van der Waals surface area contributed by atoms with E-state index in [1.54, 1.807) is 31.6 Å². The summed E-state index contributed by atoms with van der Waals surface area (Å²) in [6, 6.07) is 9.68. The molecule has 0 amide bonds. The number of pyridine rings is 1. The summed E-state index contributed by atoms with van der Waals surface area (Å²) < 4.78 is 10.8. The van der Waals surface area contributed by atoms with Crippen molar-refractivity contribution in [2.45, 2.75) is 33.4 Å². The number of hydrogen-bond acceptors (Lipinski definition) is 6. The van der Waals surface area contributed by atoms with E-state index in [-0.39, 0.29) is 5.56 Å². The molecule has 0 atom stereocenters. The fourth-order valence-corrected chi connectivity index (χ4v) is 4.79. The number of hydrogen-bond donors (Lipinski definition) is 2. The van der Waals surface area contributed by atoms with Crippen LogP contribution in [0.1, 0.15) is 30.7 Å². The molecule has 2 aromatic heterocycles. The van der Waals surface area contributed by atoms with Crippen molar-refractivity contribution in [3.8, 4) is 11.5 Å². The molecule has 0 unspecified atom stereocenters. The third kappa shape index (κ3) is 6.71. The smallest absolute Gasteiger partial charge is 0.253 e. The summed E-state index contributed by atoms with van der Waals surface area (Å²) in [7, 11) is 3.18. The lowest BCUT2D eigenvalue weighted by molar-refractivity contribution is 0.299. The maximum absolute atomic E-state index is 12.9. The number of rotatable bonds is 12. The van der Waals surface area contributed by atoms with E-state index in [0.717, 1.165) is 38.0 Å². The zero-order valence-corrected chi connectivity index (χ0v) is 22.0. The van der Waals surface area contributed by atoms with Crippen molar-refractivity contribution in [2.75, 3.05) is 40.4 Å². The van der Waals surface area contributed by atoms with Crippen LogP contribution in [0, 0.1) is 0 Å². The van der Waals surface area contributed by atoms with Crippen LogP contribution in [0.25, 0.3) is 10.9 Å². The van der Waals surface area contributed by atoms with E-state index in [4.69, 9.17) is 21.7 Å². The monoisotopic (exact) mass is 502 g/mol. The van der Waals surface area contributed by atoms with Crippen LogP contribution in [-0.4, -0.2) is 60.3 Å². The SMILES string of the molecule is CCN(CC)CCCNC(=S)N(Cc1cccs1)Cc1cc2cc(OC)c(OC)cc2[nH]c1=O. The minimum atomic E-state index is -0.139. The van der Waals surface area contributed by atoms with Crippen molar-refractivity contribution >= 4 is 39.6 Å². The fraction of sp³-hybridized carbons (Fsp3) is 0.440. The van der Waals surface area contributed by atoms with Gasteiger partial charge in [0.2, 0.25) is 0 Å². The Labute approximate surface area is 210 Å². The van der Waals surface area contributed by atoms with Crippen LogP contribution in [0.3, 0.4) is 0 Å². The molecule has 3 aromatic rings. The molecule has 2 N–H and O–H groups in total. The second-order valence-corrected chi connectivity index (χ2v) is 9.38. The predicted molar refractivity (Wildman–Crippen MR) is 144 cm³/mol. The number of aromatic nitrogens is 1. The first-order valence-corrected chi connectivity index (χ1v) is 12.8. The molecule has 0 saturated carbocycles. The number of benzene rings is 1. The Morgan fingerprint density at radius 1 is 1.12 bits per heavy atom. The molecule has 0 saturated heterocycles. The summed E-state index contributed by atoms with van der Waals surface area (Å²) in [5.74, 6) is 1.20. The summed E-state index contributed by atoms with van der Waals surface area (Å²) in [6.07, 6.45) is 1.01. The third-order valence-corrected chi connectivity index (χ3v) is 7.09. The molecular formula is C25H34N4O3S2. The van der Waals surface area contributed by atoms with Crippen LogP contribution in [-0.2, 0) is 13.1 Å². The zero-order valence-electron chi connectivity index (χ0n) is 20.3. The van der Waals surface area contributed by atoms with Gasteiger partial charge in [0.1, 0.15) is 0 Å². The Balaban J connectivity index is 1.79. The van der Waals surface area contributed by atoms with Gasteiger partial charge in [-0.2, -0.15) is 0 Å². The highest BCUT2D eigenvalue weighted by atomic mass is 32.1. The molecular weight excluding hydrogens is 468 g/mol. The van der Waals surface area contributed by atoms with Crippen LogP contribution in [0.4, 0.5) is 0 Å². The minimum absolute atomic E-state index is 0.139. The summed E-state index contributed by atoms with van der Waals surface area (Å²) in [6.45, 7) is 9.32. The van der Waals surface area contributed by atoms with E-state index in [9.17, 15) is 4.79 Å². The van der Waals surface area contributed by atoms with E-state index >= 15 is 0 Å². The highest BCUT2D eigenvalue weighted by Crippen LogP contribution is 2.31. The van der Waals surface area contributed by atoms with Gasteiger partial charge >= 0.3 is 0 Å². The first-order valence-electron chi connectivity index (χ1n) is 11.5. The number of H-pyrrole nitrogens is 1. The molecule has 7 nitrogen and oxygen atoms in total. The number of thiocarbonyl (C=S) groups is 1. The number of fused-ring (bicyclic) bond motifs is 1. The summed E-state index contributed by atoms with van der Waals surface area (Å²) in [5, 5.41) is 6.98. The maximum Gasteiger partial charge on any atom is 0.253 e. The zero-order chi connectivity index (χ0) is 24.5. The largest absolute Gasteiger partial charge is 0.493 e. The fourth-order valence-electron chi connectivity index (χ4n) is 3.84. The van der Waals surface area contributed by atoms with Crippen molar-refractivity contribution in [3.05, 3.63) is 56.5 Å². The van der Waals surface area contributed by atoms with Gasteiger partial charge in [-0.15, -0.1) is 11.3 Å². The molecule has 3 rings (SSSR count). The average molecular weight is 503 g/mol. The van der Waals surface area contributed by atoms with Gasteiger partial charge in [-0.25, -0.2) is 0 Å². The van der Waals surface area contributed by atoms with E-state index in [2.05, 4.69) is 45.4 Å². The lowest BCUT2D eigenvalue weighted by atomic mass is 10.1. The number of methoxy groups -OCH3 is 2. The quantitative estimate of drug-likeness (QED) is 0.284. The normalized spacial score (nSPS) is 11.1. The van der Waals surface area contributed by atoms with Gasteiger partial charge in [-0.1, -0.05) is 19.9 Å². The molecule has 1 aromatic carbocycles. The first-order chi connectivity index (χ1) is 16.5. The second kappa shape index (κ2) is 12.7. The molecule has 0 aliphatic heterocycles. The van der Waals surface area contributed by atoms with E-state index in [0.29, 0.717) is 40.8 Å². The number of ether oxygens (including phenoxy) is 2. The minimum Gasteiger partial charge on any atom is -0.493 e. The highest BCUT2D eigenvalue weighted by molar-refractivity contribution is 7.80. The van der Waals surface area contributed by atoms with Crippen molar-refractivity contribution in [1.82, 2.24) is 20.1 Å². The molecule has 0 spiro atoms. The Kier molecular flexibility index (Phi) is 9.74. The molecule has 34 heavy (non-hydrogen) atoms. The standard InChI is InChI=1S/C25H34N4O3S2/c1-5-28(6-2)11-8-10-26-25(33)29(17-20-9-7-12-34-20)16-19-13-18-14-22(31-3)23(32-4)15-21(18)27-24(19)30/h7,9,12-15H,5-6,8,10-11,16-17H2,1-4H3,(H,26,33)(H,27,30). The molecule has 9 heteroatoms. The second-order valence-electron chi connectivity index (χ2n) is 7.97. The Morgan fingerprint density at radius 3 is 2.50 bits per heavy atom. The number of nitrogens with one attached hydrogen (secondary N) is 2. The molecule has 0 radical (unpaired) electrons. The van der Waals surface area contributed by atoms with Crippen LogP contribution in [0.15, 0.2) is 40.5 Å². The highest BCUT2D eigenvalue weighted by Gasteiger charge is 2.16. The van der Waals surface area contributed by atoms with Crippen molar-refractivity contribution in [2.24, 2.45) is 0 Å². The van der Waals surface area contributed by atoms with Crippen molar-refractivity contribution in [1.29, 1.82) is 0 Å². The molecule has 0 aliphatic carbocycles. The average Bonchev–Trinajstić information content (AvgIpc) is 3.36. The lowest BCUT2D eigenvalue weighted by Crippen LogP contribution is -2.40. The topological polar surface area (TPSA) is 69.8 Å². The van der Waals surface area contributed by atoms with E-state index in [1.807, 2.05) is 18.2 Å². The number of thiophene rings is 1. The third-order valence-electron chi connectivity index (χ3n) is 5.82. The van der Waals surface area contributed by atoms with Crippen molar-refractivity contribution < 1.29 is 9.47 Å². The maximum atomic E-state index is 12.9. The molecule has 0 aliphatic rings.